The van der Waals surface area contributed by atoms with Crippen molar-refractivity contribution in [3.63, 3.8) is 0 Å². The topological polar surface area (TPSA) is 3.88 Å². The van der Waals surface area contributed by atoms with Crippen molar-refractivity contribution < 1.29 is 8.68 Å². The van der Waals surface area contributed by atoms with Crippen molar-refractivity contribution in [1.82, 2.24) is 0 Å². The number of benzene rings is 3. The molecule has 0 radical (unpaired) electrons. The number of rotatable bonds is 1. The highest BCUT2D eigenvalue weighted by Crippen LogP contribution is 2.56. The summed E-state index contributed by atoms with van der Waals surface area (Å²) in [6.45, 7) is 11.4. The molecule has 4 aromatic rings. The van der Waals surface area contributed by atoms with Crippen molar-refractivity contribution in [2.24, 2.45) is 7.05 Å². The second-order valence-electron chi connectivity index (χ2n) is 10.5. The first-order valence-corrected chi connectivity index (χ1v) is 11.4. The molecular weight excluding hydrogens is 386 g/mol. The van der Waals surface area contributed by atoms with Crippen molar-refractivity contribution in [3.8, 4) is 22.4 Å². The second kappa shape index (κ2) is 6.78. The summed E-state index contributed by atoms with van der Waals surface area (Å²) in [5, 5.41) is 2.52. The van der Waals surface area contributed by atoms with Gasteiger partial charge in [0.2, 0.25) is 5.69 Å². The standard InChI is InChI=1S/C31H34N/c1-19-15-28(32(8)18-20(19)2)24-13-14-26-29(21(24)3)25-16-22-11-9-10-12-23(22)17-27(25)31(6,7)30(26,4)5/h9-18H,1-8H3/q+1/i2D3. The molecule has 0 saturated heterocycles. The number of pyridine rings is 1. The van der Waals surface area contributed by atoms with Crippen LogP contribution in [0.1, 0.15) is 59.6 Å². The smallest absolute Gasteiger partial charge is 0.201 e. The summed E-state index contributed by atoms with van der Waals surface area (Å²) in [6, 6.07) is 19.9. The molecule has 0 spiro atoms. The highest BCUT2D eigenvalue weighted by molar-refractivity contribution is 5.94. The van der Waals surface area contributed by atoms with E-state index in [1.807, 2.05) is 24.6 Å². The molecule has 162 valence electrons. The fraction of sp³-hybridized carbons (Fsp3) is 0.323. The summed E-state index contributed by atoms with van der Waals surface area (Å²) < 4.78 is 25.7. The summed E-state index contributed by atoms with van der Waals surface area (Å²) in [7, 11) is 1.94. The van der Waals surface area contributed by atoms with Gasteiger partial charge in [0.25, 0.3) is 0 Å². The van der Waals surface area contributed by atoms with E-state index in [4.69, 9.17) is 4.11 Å². The Bertz CT molecular complexity index is 1510. The molecule has 0 N–H and O–H groups in total. The van der Waals surface area contributed by atoms with Gasteiger partial charge in [-0.05, 0) is 93.9 Å². The maximum absolute atomic E-state index is 7.90. The van der Waals surface area contributed by atoms with Crippen LogP contribution in [0.4, 0.5) is 0 Å². The second-order valence-corrected chi connectivity index (χ2v) is 10.5. The molecule has 0 saturated carbocycles. The lowest BCUT2D eigenvalue weighted by molar-refractivity contribution is -0.660. The van der Waals surface area contributed by atoms with Crippen LogP contribution in [0.2, 0.25) is 0 Å². The molecule has 1 heteroatoms. The third-order valence-electron chi connectivity index (χ3n) is 8.29. The highest BCUT2D eigenvalue weighted by Gasteiger charge is 2.46. The number of fused-ring (bicyclic) bond motifs is 4. The van der Waals surface area contributed by atoms with Crippen LogP contribution in [0.3, 0.4) is 0 Å². The Balaban J connectivity index is 1.83. The van der Waals surface area contributed by atoms with E-state index in [0.717, 1.165) is 16.8 Å². The van der Waals surface area contributed by atoms with Crippen LogP contribution < -0.4 is 4.57 Å². The molecule has 3 aromatic carbocycles. The number of aryl methyl sites for hydroxylation is 3. The summed E-state index contributed by atoms with van der Waals surface area (Å²) >= 11 is 0. The predicted molar refractivity (Wildman–Crippen MR) is 136 cm³/mol. The van der Waals surface area contributed by atoms with Crippen LogP contribution in [0, 0.1) is 20.7 Å². The Kier molecular flexibility index (Phi) is 3.73. The summed E-state index contributed by atoms with van der Waals surface area (Å²) in [6.07, 6.45) is 1.77. The SMILES string of the molecule is [2H]C([2H])([2H])c1c[n+](C)c(-c2ccc3c(c2C)-c2cc4ccccc4cc2C(C)(C)C3(C)C)cc1C. The maximum Gasteiger partial charge on any atom is 0.212 e. The molecule has 1 heterocycles. The molecule has 0 aliphatic heterocycles. The van der Waals surface area contributed by atoms with E-state index in [1.165, 1.54) is 38.6 Å². The Morgan fingerprint density at radius 2 is 1.41 bits per heavy atom. The van der Waals surface area contributed by atoms with Gasteiger partial charge in [-0.15, -0.1) is 0 Å². The monoisotopic (exact) mass is 423 g/mol. The van der Waals surface area contributed by atoms with Crippen molar-refractivity contribution >= 4 is 10.8 Å². The van der Waals surface area contributed by atoms with Gasteiger partial charge in [-0.2, -0.15) is 0 Å². The minimum atomic E-state index is -2.12. The first-order chi connectivity index (χ1) is 16.2. The highest BCUT2D eigenvalue weighted by atomic mass is 14.9. The molecule has 32 heavy (non-hydrogen) atoms. The van der Waals surface area contributed by atoms with Gasteiger partial charge >= 0.3 is 0 Å². The quantitative estimate of drug-likeness (QED) is 0.279. The fourth-order valence-electron chi connectivity index (χ4n) is 5.51. The molecule has 1 aliphatic carbocycles. The molecule has 0 fully saturated rings. The van der Waals surface area contributed by atoms with Crippen LogP contribution in [0.5, 0.6) is 0 Å². The van der Waals surface area contributed by atoms with E-state index in [2.05, 4.69) is 83.1 Å². The Hall–Kier alpha value is -2.93. The lowest BCUT2D eigenvalue weighted by atomic mass is 9.54. The molecule has 0 unspecified atom stereocenters. The van der Waals surface area contributed by atoms with Crippen LogP contribution in [-0.2, 0) is 17.9 Å². The molecule has 0 bridgehead atoms. The van der Waals surface area contributed by atoms with Gasteiger partial charge in [-0.25, -0.2) is 4.57 Å². The molecule has 0 amide bonds. The summed E-state index contributed by atoms with van der Waals surface area (Å²) in [4.78, 5) is 0. The first kappa shape index (κ1) is 17.6. The minimum Gasteiger partial charge on any atom is -0.201 e. The number of hydrogen-bond donors (Lipinski definition) is 0. The van der Waals surface area contributed by atoms with Gasteiger partial charge in [0.1, 0.15) is 7.05 Å². The number of nitrogens with zero attached hydrogens (tertiary/aromatic N) is 1. The van der Waals surface area contributed by atoms with Crippen LogP contribution in [-0.4, -0.2) is 0 Å². The zero-order valence-corrected chi connectivity index (χ0v) is 20.2. The average molecular weight is 424 g/mol. The lowest BCUT2D eigenvalue weighted by Gasteiger charge is -2.49. The summed E-state index contributed by atoms with van der Waals surface area (Å²) in [5.74, 6) is 0. The Labute approximate surface area is 197 Å². The van der Waals surface area contributed by atoms with Crippen LogP contribution >= 0.6 is 0 Å². The predicted octanol–water partition coefficient (Wildman–Crippen LogP) is 7.49. The van der Waals surface area contributed by atoms with Crippen LogP contribution in [0.15, 0.2) is 60.8 Å². The molecule has 1 aromatic heterocycles. The first-order valence-electron chi connectivity index (χ1n) is 12.9. The van der Waals surface area contributed by atoms with E-state index in [1.54, 1.807) is 6.20 Å². The van der Waals surface area contributed by atoms with Crippen molar-refractivity contribution in [2.45, 2.75) is 59.2 Å². The van der Waals surface area contributed by atoms with Gasteiger partial charge in [-0.3, -0.25) is 0 Å². The lowest BCUT2D eigenvalue weighted by Crippen LogP contribution is -2.43. The molecule has 1 aliphatic rings. The maximum atomic E-state index is 7.90. The van der Waals surface area contributed by atoms with Gasteiger partial charge < -0.3 is 0 Å². The Morgan fingerprint density at radius 3 is 2.09 bits per heavy atom. The molecular formula is C31H34N+. The van der Waals surface area contributed by atoms with Gasteiger partial charge in [0.05, 0.1) is 0 Å². The molecule has 5 rings (SSSR count). The normalized spacial score (nSPS) is 17.8. The van der Waals surface area contributed by atoms with Crippen molar-refractivity contribution in [3.05, 3.63) is 88.6 Å². The number of aromatic nitrogens is 1. The fourth-order valence-corrected chi connectivity index (χ4v) is 5.51. The van der Waals surface area contributed by atoms with E-state index in [0.29, 0.717) is 5.56 Å². The van der Waals surface area contributed by atoms with E-state index in [-0.39, 0.29) is 10.8 Å². The van der Waals surface area contributed by atoms with Crippen molar-refractivity contribution in [1.29, 1.82) is 0 Å². The van der Waals surface area contributed by atoms with Crippen LogP contribution in [0.25, 0.3) is 33.2 Å². The van der Waals surface area contributed by atoms with Gasteiger partial charge in [0, 0.05) is 21.3 Å². The van der Waals surface area contributed by atoms with E-state index < -0.39 is 6.85 Å². The third-order valence-corrected chi connectivity index (χ3v) is 8.29. The zero-order chi connectivity index (χ0) is 25.5. The number of hydrogen-bond acceptors (Lipinski definition) is 0. The largest absolute Gasteiger partial charge is 0.212 e. The third kappa shape index (κ3) is 2.73. The average Bonchev–Trinajstić information content (AvgIpc) is 2.77. The summed E-state index contributed by atoms with van der Waals surface area (Å²) in [5.41, 5.74) is 9.85. The van der Waals surface area contributed by atoms with E-state index in [9.17, 15) is 0 Å². The zero-order valence-electron chi connectivity index (χ0n) is 23.2. The Morgan fingerprint density at radius 1 is 0.750 bits per heavy atom. The molecule has 1 nitrogen and oxygen atoms in total. The van der Waals surface area contributed by atoms with Gasteiger partial charge in [0.15, 0.2) is 6.20 Å². The van der Waals surface area contributed by atoms with E-state index >= 15 is 0 Å². The van der Waals surface area contributed by atoms with Crippen molar-refractivity contribution in [2.75, 3.05) is 0 Å². The van der Waals surface area contributed by atoms with Gasteiger partial charge in [-0.1, -0.05) is 58.0 Å². The molecule has 0 atom stereocenters. The minimum absolute atomic E-state index is 0.0457.